The number of aromatic amines is 1. The minimum absolute atomic E-state index is 0.428. The summed E-state index contributed by atoms with van der Waals surface area (Å²) in [6.07, 6.45) is 4.20. The number of imidazole rings is 1. The first-order valence-electron chi connectivity index (χ1n) is 4.52. The maximum Gasteiger partial charge on any atom is 0.252 e. The zero-order chi connectivity index (χ0) is 10.7. The Morgan fingerprint density at radius 2 is 2.07 bits per heavy atom. The van der Waals surface area contributed by atoms with Gasteiger partial charge >= 0.3 is 0 Å². The molecule has 0 saturated heterocycles. The number of hydrogen-bond donors (Lipinski definition) is 1. The van der Waals surface area contributed by atoms with Crippen molar-refractivity contribution in [1.82, 2.24) is 9.97 Å². The number of halogens is 1. The standard InChI is InChI=1S/C11H9ClN2O/c12-11(15)9-3-1-8(2-4-9)5-10-6-13-7-14-10/h1-4,6-7H,5H2,(H,13,14). The zero-order valence-corrected chi connectivity index (χ0v) is 8.66. The lowest BCUT2D eigenvalue weighted by molar-refractivity contribution is 0.108. The third-order valence-electron chi connectivity index (χ3n) is 2.13. The Hall–Kier alpha value is -1.61. The molecule has 0 amide bonds. The molecule has 3 nitrogen and oxygen atoms in total. The van der Waals surface area contributed by atoms with E-state index in [1.807, 2.05) is 12.1 Å². The van der Waals surface area contributed by atoms with Gasteiger partial charge in [0, 0.05) is 23.9 Å². The lowest BCUT2D eigenvalue weighted by atomic mass is 10.1. The lowest BCUT2D eigenvalue weighted by Crippen LogP contribution is -1.91. The monoisotopic (exact) mass is 220 g/mol. The van der Waals surface area contributed by atoms with E-state index < -0.39 is 5.24 Å². The van der Waals surface area contributed by atoms with E-state index in [0.29, 0.717) is 5.56 Å². The minimum atomic E-state index is -0.428. The van der Waals surface area contributed by atoms with Crippen molar-refractivity contribution in [3.8, 4) is 0 Å². The van der Waals surface area contributed by atoms with Gasteiger partial charge in [-0.1, -0.05) is 12.1 Å². The molecule has 0 atom stereocenters. The lowest BCUT2D eigenvalue weighted by Gasteiger charge is -1.99. The SMILES string of the molecule is O=C(Cl)c1ccc(Cc2cnc[nH]2)cc1. The highest BCUT2D eigenvalue weighted by Crippen LogP contribution is 2.10. The van der Waals surface area contributed by atoms with Crippen LogP contribution in [0.2, 0.25) is 0 Å². The van der Waals surface area contributed by atoms with E-state index in [2.05, 4.69) is 9.97 Å². The van der Waals surface area contributed by atoms with Gasteiger partial charge in [0.1, 0.15) is 0 Å². The van der Waals surface area contributed by atoms with E-state index >= 15 is 0 Å². The number of hydrogen-bond acceptors (Lipinski definition) is 2. The highest BCUT2D eigenvalue weighted by molar-refractivity contribution is 6.67. The Morgan fingerprint density at radius 1 is 1.33 bits per heavy atom. The Kier molecular flexibility index (Phi) is 2.83. The van der Waals surface area contributed by atoms with Crippen molar-refractivity contribution in [1.29, 1.82) is 0 Å². The minimum Gasteiger partial charge on any atom is -0.348 e. The molecule has 0 aliphatic rings. The number of H-pyrrole nitrogens is 1. The van der Waals surface area contributed by atoms with Crippen LogP contribution in [0.4, 0.5) is 0 Å². The highest BCUT2D eigenvalue weighted by Gasteiger charge is 2.01. The van der Waals surface area contributed by atoms with Crippen molar-refractivity contribution in [3.05, 3.63) is 53.6 Å². The number of nitrogens with one attached hydrogen (secondary N) is 1. The number of benzene rings is 1. The van der Waals surface area contributed by atoms with Crippen LogP contribution in [0.5, 0.6) is 0 Å². The van der Waals surface area contributed by atoms with Crippen LogP contribution in [0.1, 0.15) is 21.6 Å². The molecule has 4 heteroatoms. The van der Waals surface area contributed by atoms with Crippen molar-refractivity contribution in [3.63, 3.8) is 0 Å². The van der Waals surface area contributed by atoms with E-state index in [1.54, 1.807) is 24.7 Å². The van der Waals surface area contributed by atoms with Gasteiger partial charge in [-0.2, -0.15) is 0 Å². The van der Waals surface area contributed by atoms with Gasteiger partial charge in [0.05, 0.1) is 6.33 Å². The first kappa shape index (κ1) is 9.93. The van der Waals surface area contributed by atoms with Crippen LogP contribution in [0, 0.1) is 0 Å². The quantitative estimate of drug-likeness (QED) is 0.808. The number of carbonyl (C=O) groups excluding carboxylic acids is 1. The molecule has 0 saturated carbocycles. The summed E-state index contributed by atoms with van der Waals surface area (Å²) in [5.41, 5.74) is 2.67. The van der Waals surface area contributed by atoms with Crippen molar-refractivity contribution in [2.75, 3.05) is 0 Å². The van der Waals surface area contributed by atoms with Gasteiger partial charge in [-0.05, 0) is 29.3 Å². The number of aromatic nitrogens is 2. The van der Waals surface area contributed by atoms with Gasteiger partial charge in [-0.3, -0.25) is 4.79 Å². The maximum absolute atomic E-state index is 10.8. The van der Waals surface area contributed by atoms with Crippen LogP contribution in [-0.2, 0) is 6.42 Å². The van der Waals surface area contributed by atoms with Gasteiger partial charge in [-0.25, -0.2) is 4.98 Å². The molecule has 0 unspecified atom stereocenters. The van der Waals surface area contributed by atoms with Crippen molar-refractivity contribution in [2.45, 2.75) is 6.42 Å². The van der Waals surface area contributed by atoms with Crippen LogP contribution >= 0.6 is 11.6 Å². The van der Waals surface area contributed by atoms with E-state index in [9.17, 15) is 4.79 Å². The first-order valence-corrected chi connectivity index (χ1v) is 4.89. The zero-order valence-electron chi connectivity index (χ0n) is 7.90. The third-order valence-corrected chi connectivity index (χ3v) is 2.35. The highest BCUT2D eigenvalue weighted by atomic mass is 35.5. The van der Waals surface area contributed by atoms with Crippen LogP contribution in [0.25, 0.3) is 0 Å². The molecule has 1 aromatic carbocycles. The Bertz CT molecular complexity index is 448. The Morgan fingerprint density at radius 3 is 2.60 bits per heavy atom. The summed E-state index contributed by atoms with van der Waals surface area (Å²) in [7, 11) is 0. The molecular weight excluding hydrogens is 212 g/mol. The predicted molar refractivity (Wildman–Crippen MR) is 58.0 cm³/mol. The van der Waals surface area contributed by atoms with Crippen molar-refractivity contribution >= 4 is 16.8 Å². The summed E-state index contributed by atoms with van der Waals surface area (Å²) in [5.74, 6) is 0. The van der Waals surface area contributed by atoms with Gasteiger partial charge in [0.15, 0.2) is 0 Å². The normalized spacial score (nSPS) is 10.2. The molecule has 0 spiro atoms. The third kappa shape index (κ3) is 2.44. The molecule has 0 aliphatic heterocycles. The van der Waals surface area contributed by atoms with E-state index in [4.69, 9.17) is 11.6 Å². The fraction of sp³-hybridized carbons (Fsp3) is 0.0909. The summed E-state index contributed by atoms with van der Waals surface area (Å²) < 4.78 is 0. The van der Waals surface area contributed by atoms with Crippen LogP contribution in [0.15, 0.2) is 36.8 Å². The second-order valence-electron chi connectivity index (χ2n) is 3.22. The van der Waals surface area contributed by atoms with Gasteiger partial charge in [0.25, 0.3) is 5.24 Å². The maximum atomic E-state index is 10.8. The second kappa shape index (κ2) is 4.28. The average Bonchev–Trinajstić information content (AvgIpc) is 2.71. The summed E-state index contributed by atoms with van der Waals surface area (Å²) >= 11 is 5.34. The fourth-order valence-corrected chi connectivity index (χ4v) is 1.48. The molecule has 1 heterocycles. The predicted octanol–water partition coefficient (Wildman–Crippen LogP) is 2.38. The number of rotatable bonds is 3. The number of carbonyl (C=O) groups is 1. The van der Waals surface area contributed by atoms with Gasteiger partial charge < -0.3 is 4.98 Å². The summed E-state index contributed by atoms with van der Waals surface area (Å²) in [6.45, 7) is 0. The van der Waals surface area contributed by atoms with Crippen molar-refractivity contribution in [2.24, 2.45) is 0 Å². The molecule has 0 radical (unpaired) electrons. The second-order valence-corrected chi connectivity index (χ2v) is 3.57. The van der Waals surface area contributed by atoms with E-state index in [1.165, 1.54) is 0 Å². The van der Waals surface area contributed by atoms with Gasteiger partial charge in [-0.15, -0.1) is 0 Å². The molecule has 2 aromatic rings. The molecule has 0 fully saturated rings. The van der Waals surface area contributed by atoms with Crippen LogP contribution in [0.3, 0.4) is 0 Å². The molecule has 15 heavy (non-hydrogen) atoms. The first-order chi connectivity index (χ1) is 7.25. The Labute approximate surface area is 92.1 Å². The summed E-state index contributed by atoms with van der Waals surface area (Å²) in [4.78, 5) is 17.8. The van der Waals surface area contributed by atoms with Crippen LogP contribution in [-0.4, -0.2) is 15.2 Å². The molecule has 1 N–H and O–H groups in total. The molecular formula is C11H9ClN2O. The average molecular weight is 221 g/mol. The van der Waals surface area contributed by atoms with E-state index in [0.717, 1.165) is 17.7 Å². The number of nitrogens with zero attached hydrogens (tertiary/aromatic N) is 1. The summed E-state index contributed by atoms with van der Waals surface area (Å²) in [6, 6.07) is 7.22. The van der Waals surface area contributed by atoms with Crippen LogP contribution < -0.4 is 0 Å². The largest absolute Gasteiger partial charge is 0.348 e. The molecule has 2 rings (SSSR count). The molecule has 0 bridgehead atoms. The fourth-order valence-electron chi connectivity index (χ4n) is 1.35. The topological polar surface area (TPSA) is 45.8 Å². The smallest absolute Gasteiger partial charge is 0.252 e. The summed E-state index contributed by atoms with van der Waals surface area (Å²) in [5, 5.41) is -0.428. The van der Waals surface area contributed by atoms with Gasteiger partial charge in [0.2, 0.25) is 0 Å². The molecule has 0 aliphatic carbocycles. The van der Waals surface area contributed by atoms with Crippen molar-refractivity contribution < 1.29 is 4.79 Å². The Balaban J connectivity index is 2.14. The molecule has 1 aromatic heterocycles. The van der Waals surface area contributed by atoms with E-state index in [-0.39, 0.29) is 0 Å². The molecule has 76 valence electrons.